The molecule has 1 aromatic rings. The van der Waals surface area contributed by atoms with Gasteiger partial charge in [0.1, 0.15) is 11.2 Å². The Labute approximate surface area is 163 Å². The molecule has 5 nitrogen and oxygen atoms in total. The summed E-state index contributed by atoms with van der Waals surface area (Å²) in [6.07, 6.45) is 0. The molecule has 150 valence electrons. The van der Waals surface area contributed by atoms with Gasteiger partial charge in [0, 0.05) is 18.6 Å². The van der Waals surface area contributed by atoms with Crippen LogP contribution in [0.1, 0.15) is 94.2 Å². The number of esters is 2. The molecule has 0 unspecified atom stereocenters. The van der Waals surface area contributed by atoms with E-state index in [4.69, 9.17) is 9.47 Å². The first-order chi connectivity index (χ1) is 12.1. The maximum Gasteiger partial charge on any atom is 0.339 e. The Balaban J connectivity index is 2.48. The first-order valence-corrected chi connectivity index (χ1v) is 9.44. The van der Waals surface area contributed by atoms with E-state index < -0.39 is 23.1 Å². The molecule has 0 saturated heterocycles. The zero-order valence-corrected chi connectivity index (χ0v) is 18.1. The van der Waals surface area contributed by atoms with Gasteiger partial charge in [-0.05, 0) is 85.6 Å². The average Bonchev–Trinajstić information content (AvgIpc) is 2.85. The Kier molecular flexibility index (Phi) is 5.50. The maximum atomic E-state index is 12.8. The molecule has 1 aliphatic heterocycles. The van der Waals surface area contributed by atoms with Crippen molar-refractivity contribution in [1.29, 1.82) is 0 Å². The van der Waals surface area contributed by atoms with Gasteiger partial charge in [0.2, 0.25) is 0 Å². The molecule has 0 amide bonds. The summed E-state index contributed by atoms with van der Waals surface area (Å²) in [4.78, 5) is 27.9. The van der Waals surface area contributed by atoms with E-state index in [1.807, 2.05) is 41.5 Å². The summed E-state index contributed by atoms with van der Waals surface area (Å²) < 4.78 is 11.1. The monoisotopic (exact) mass is 375 g/mol. The fourth-order valence-corrected chi connectivity index (χ4v) is 2.93. The van der Waals surface area contributed by atoms with E-state index in [1.54, 1.807) is 12.1 Å². The van der Waals surface area contributed by atoms with Crippen LogP contribution in [0.2, 0.25) is 0 Å². The number of nitrogens with zero attached hydrogens (tertiary/aromatic N) is 1. The van der Waals surface area contributed by atoms with Gasteiger partial charge in [-0.25, -0.2) is 9.59 Å². The van der Waals surface area contributed by atoms with Gasteiger partial charge >= 0.3 is 11.9 Å². The topological polar surface area (TPSA) is 55.8 Å². The molecule has 0 atom stereocenters. The summed E-state index contributed by atoms with van der Waals surface area (Å²) >= 11 is 0. The Morgan fingerprint density at radius 1 is 0.741 bits per heavy atom. The third-order valence-corrected chi connectivity index (χ3v) is 4.25. The molecule has 1 heterocycles. The van der Waals surface area contributed by atoms with Gasteiger partial charge in [-0.3, -0.25) is 4.90 Å². The molecular formula is C22H33NO4. The summed E-state index contributed by atoms with van der Waals surface area (Å²) in [6, 6.07) is 3.60. The molecule has 5 heteroatoms. The molecule has 2 rings (SSSR count). The van der Waals surface area contributed by atoms with Crippen LogP contribution < -0.4 is 0 Å². The number of hydrogen-bond donors (Lipinski definition) is 0. The van der Waals surface area contributed by atoms with E-state index in [2.05, 4.69) is 25.7 Å². The summed E-state index contributed by atoms with van der Waals surface area (Å²) in [6.45, 7) is 18.8. The van der Waals surface area contributed by atoms with Crippen molar-refractivity contribution in [3.05, 3.63) is 34.4 Å². The smallest absolute Gasteiger partial charge is 0.339 e. The molecule has 0 saturated carbocycles. The number of benzene rings is 1. The van der Waals surface area contributed by atoms with E-state index in [9.17, 15) is 9.59 Å². The van der Waals surface area contributed by atoms with Gasteiger partial charge in [-0.15, -0.1) is 0 Å². The molecule has 0 aromatic heterocycles. The lowest BCUT2D eigenvalue weighted by molar-refractivity contribution is 0.00185. The number of ether oxygens (including phenoxy) is 2. The molecular weight excluding hydrogens is 342 g/mol. The van der Waals surface area contributed by atoms with Crippen LogP contribution in [-0.2, 0) is 22.6 Å². The van der Waals surface area contributed by atoms with Gasteiger partial charge in [0.15, 0.2) is 0 Å². The highest BCUT2D eigenvalue weighted by atomic mass is 16.6. The zero-order valence-electron chi connectivity index (χ0n) is 18.1. The number of carbonyl (C=O) groups excluding carboxylic acids is 2. The highest BCUT2D eigenvalue weighted by molar-refractivity contribution is 6.03. The minimum Gasteiger partial charge on any atom is -0.456 e. The summed E-state index contributed by atoms with van der Waals surface area (Å²) in [5.41, 5.74) is 1.37. The number of hydrogen-bond acceptors (Lipinski definition) is 5. The molecule has 0 aliphatic carbocycles. The highest BCUT2D eigenvalue weighted by Gasteiger charge is 2.33. The summed E-state index contributed by atoms with van der Waals surface area (Å²) in [5.74, 6) is -0.999. The lowest BCUT2D eigenvalue weighted by Gasteiger charge is -2.31. The van der Waals surface area contributed by atoms with Gasteiger partial charge in [0.25, 0.3) is 0 Å². The van der Waals surface area contributed by atoms with Crippen molar-refractivity contribution in [2.24, 2.45) is 0 Å². The van der Waals surface area contributed by atoms with E-state index >= 15 is 0 Å². The second-order valence-corrected chi connectivity index (χ2v) is 10.2. The minimum atomic E-state index is -0.640. The molecule has 0 N–H and O–H groups in total. The first-order valence-electron chi connectivity index (χ1n) is 9.44. The largest absolute Gasteiger partial charge is 0.456 e. The van der Waals surface area contributed by atoms with E-state index in [0.717, 1.165) is 24.2 Å². The molecule has 1 aromatic carbocycles. The van der Waals surface area contributed by atoms with Crippen molar-refractivity contribution in [3.63, 3.8) is 0 Å². The van der Waals surface area contributed by atoms with Crippen LogP contribution in [0.15, 0.2) is 12.1 Å². The SMILES string of the molecule is CC(C)(C)OC(=O)c1cc2c(cc1C(=O)OC(C)(C)C)CN(C(C)(C)C)C2. The maximum absolute atomic E-state index is 12.8. The van der Waals surface area contributed by atoms with Crippen molar-refractivity contribution in [3.8, 4) is 0 Å². The van der Waals surface area contributed by atoms with E-state index in [-0.39, 0.29) is 16.7 Å². The number of rotatable bonds is 2. The van der Waals surface area contributed by atoms with Gasteiger partial charge < -0.3 is 9.47 Å². The lowest BCUT2D eigenvalue weighted by atomic mass is 9.99. The third kappa shape index (κ3) is 5.55. The normalized spacial score (nSPS) is 15.4. The quantitative estimate of drug-likeness (QED) is 0.701. The highest BCUT2D eigenvalue weighted by Crippen LogP contribution is 2.32. The number of fused-ring (bicyclic) bond motifs is 1. The Bertz CT molecular complexity index is 688. The fourth-order valence-electron chi connectivity index (χ4n) is 2.93. The Morgan fingerprint density at radius 2 is 1.07 bits per heavy atom. The summed E-state index contributed by atoms with van der Waals surface area (Å²) in [5, 5.41) is 0. The third-order valence-electron chi connectivity index (χ3n) is 4.25. The van der Waals surface area contributed by atoms with E-state index in [1.165, 1.54) is 0 Å². The molecule has 0 spiro atoms. The van der Waals surface area contributed by atoms with Crippen LogP contribution in [-0.4, -0.2) is 33.6 Å². The predicted molar refractivity (Wildman–Crippen MR) is 106 cm³/mol. The minimum absolute atomic E-state index is 0.00279. The first kappa shape index (κ1) is 21.4. The second kappa shape index (κ2) is 6.93. The van der Waals surface area contributed by atoms with Crippen molar-refractivity contribution in [2.75, 3.05) is 0 Å². The van der Waals surface area contributed by atoms with Crippen LogP contribution in [0.3, 0.4) is 0 Å². The van der Waals surface area contributed by atoms with Crippen LogP contribution in [0, 0.1) is 0 Å². The van der Waals surface area contributed by atoms with Gasteiger partial charge in [-0.1, -0.05) is 0 Å². The van der Waals surface area contributed by atoms with Crippen LogP contribution in [0.4, 0.5) is 0 Å². The second-order valence-electron chi connectivity index (χ2n) is 10.2. The van der Waals surface area contributed by atoms with Crippen LogP contribution >= 0.6 is 0 Å². The van der Waals surface area contributed by atoms with Gasteiger partial charge in [-0.2, -0.15) is 0 Å². The Hall–Kier alpha value is -1.88. The Morgan fingerprint density at radius 3 is 1.33 bits per heavy atom. The van der Waals surface area contributed by atoms with Crippen molar-refractivity contribution < 1.29 is 19.1 Å². The lowest BCUT2D eigenvalue weighted by Crippen LogP contribution is -2.36. The van der Waals surface area contributed by atoms with Gasteiger partial charge in [0.05, 0.1) is 11.1 Å². The molecule has 27 heavy (non-hydrogen) atoms. The summed E-state index contributed by atoms with van der Waals surface area (Å²) in [7, 11) is 0. The van der Waals surface area contributed by atoms with Crippen molar-refractivity contribution in [1.82, 2.24) is 4.90 Å². The van der Waals surface area contributed by atoms with Crippen molar-refractivity contribution in [2.45, 2.75) is 92.1 Å². The molecule has 0 fully saturated rings. The molecule has 0 bridgehead atoms. The van der Waals surface area contributed by atoms with E-state index in [0.29, 0.717) is 0 Å². The average molecular weight is 376 g/mol. The van der Waals surface area contributed by atoms with Crippen LogP contribution in [0.5, 0.6) is 0 Å². The molecule has 1 aliphatic rings. The standard InChI is InChI=1S/C22H33NO4/c1-20(2,3)23-12-14-10-16(18(24)26-21(4,5)6)17(11-15(14)13-23)19(25)27-22(7,8)9/h10-11H,12-13H2,1-9H3. The predicted octanol–water partition coefficient (Wildman–Crippen LogP) is 4.71. The van der Waals surface area contributed by atoms with Crippen LogP contribution in [0.25, 0.3) is 0 Å². The fraction of sp³-hybridized carbons (Fsp3) is 0.636. The number of carbonyl (C=O) groups is 2. The zero-order chi connectivity index (χ0) is 20.8. The van der Waals surface area contributed by atoms with Crippen molar-refractivity contribution >= 4 is 11.9 Å². The molecule has 0 radical (unpaired) electrons.